The highest BCUT2D eigenvalue weighted by Gasteiger charge is 2.28. The third-order valence-corrected chi connectivity index (χ3v) is 5.89. The summed E-state index contributed by atoms with van der Waals surface area (Å²) < 4.78 is 1.78. The number of nitrogens with one attached hydrogen (secondary N) is 1. The molecule has 2 aromatic heterocycles. The van der Waals surface area contributed by atoms with Gasteiger partial charge in [-0.25, -0.2) is 4.98 Å². The van der Waals surface area contributed by atoms with Crippen molar-refractivity contribution >= 4 is 23.2 Å². The van der Waals surface area contributed by atoms with Crippen LogP contribution in [0.3, 0.4) is 0 Å². The van der Waals surface area contributed by atoms with Gasteiger partial charge in [-0.1, -0.05) is 6.92 Å². The molecule has 3 heterocycles. The molecule has 1 atom stereocenters. The molecule has 0 bridgehead atoms. The van der Waals surface area contributed by atoms with Crippen LogP contribution in [0.4, 0.5) is 0 Å². The maximum Gasteiger partial charge on any atom is 0.274 e. The zero-order valence-electron chi connectivity index (χ0n) is 16.0. The van der Waals surface area contributed by atoms with E-state index in [1.165, 1.54) is 0 Å². The molecule has 0 radical (unpaired) electrons. The Labute approximate surface area is 163 Å². The molecule has 1 aliphatic heterocycles. The van der Waals surface area contributed by atoms with Crippen molar-refractivity contribution in [3.05, 3.63) is 34.0 Å². The molecule has 1 aliphatic rings. The maximum atomic E-state index is 12.7. The van der Waals surface area contributed by atoms with Crippen LogP contribution in [0, 0.1) is 0 Å². The van der Waals surface area contributed by atoms with Crippen LogP contribution in [0.2, 0.25) is 0 Å². The van der Waals surface area contributed by atoms with Gasteiger partial charge in [0.25, 0.3) is 5.91 Å². The highest BCUT2D eigenvalue weighted by molar-refractivity contribution is 7.09. The van der Waals surface area contributed by atoms with Gasteiger partial charge in [0.1, 0.15) is 5.69 Å². The van der Waals surface area contributed by atoms with E-state index in [2.05, 4.69) is 15.8 Å². The Kier molecular flexibility index (Phi) is 6.60. The molecular formula is C19H27N5O2S. The molecule has 1 unspecified atom stereocenters. The minimum Gasteiger partial charge on any atom is -0.356 e. The molecule has 1 fully saturated rings. The standard InChI is InChI=1S/C19H27N5O2S/c1-3-17(25)20-9-7-15-13-27-18(21-15)14-6-5-10-23(12-14)19(26)16-8-11-24(4-2)22-16/h8,11,13-14H,3-7,9-10,12H2,1-2H3,(H,20,25). The first-order valence-electron chi connectivity index (χ1n) is 9.64. The fourth-order valence-electron chi connectivity index (χ4n) is 3.26. The molecule has 146 valence electrons. The average molecular weight is 390 g/mol. The maximum absolute atomic E-state index is 12.7. The largest absolute Gasteiger partial charge is 0.356 e. The van der Waals surface area contributed by atoms with Gasteiger partial charge < -0.3 is 10.2 Å². The molecule has 0 aliphatic carbocycles. The van der Waals surface area contributed by atoms with E-state index in [4.69, 9.17) is 4.98 Å². The van der Waals surface area contributed by atoms with Gasteiger partial charge in [-0.05, 0) is 25.8 Å². The van der Waals surface area contributed by atoms with E-state index >= 15 is 0 Å². The summed E-state index contributed by atoms with van der Waals surface area (Å²) in [6, 6.07) is 1.79. The van der Waals surface area contributed by atoms with Crippen molar-refractivity contribution in [2.45, 2.75) is 52.0 Å². The minimum atomic E-state index is 0.00552. The van der Waals surface area contributed by atoms with E-state index < -0.39 is 0 Å². The van der Waals surface area contributed by atoms with Crippen LogP contribution in [0.1, 0.15) is 60.2 Å². The average Bonchev–Trinajstić information content (AvgIpc) is 3.37. The van der Waals surface area contributed by atoms with Crippen LogP contribution >= 0.6 is 11.3 Å². The molecule has 2 amide bonds. The Bertz CT molecular complexity index is 785. The highest BCUT2D eigenvalue weighted by Crippen LogP contribution is 2.30. The number of piperidine rings is 1. The van der Waals surface area contributed by atoms with Gasteiger partial charge in [0.05, 0.1) is 10.7 Å². The summed E-state index contributed by atoms with van der Waals surface area (Å²) in [5, 5.41) is 10.4. The topological polar surface area (TPSA) is 80.1 Å². The SMILES string of the molecule is CCC(=O)NCCc1csc(C2CCCN(C(=O)c3ccn(CC)n3)C2)n1. The Morgan fingerprint density at radius 1 is 1.37 bits per heavy atom. The number of aromatic nitrogens is 3. The Balaban J connectivity index is 1.57. The van der Waals surface area contributed by atoms with Crippen LogP contribution in [0.25, 0.3) is 0 Å². The Hall–Kier alpha value is -2.22. The van der Waals surface area contributed by atoms with E-state index in [-0.39, 0.29) is 17.7 Å². The number of carbonyl (C=O) groups is 2. The lowest BCUT2D eigenvalue weighted by Crippen LogP contribution is -2.39. The van der Waals surface area contributed by atoms with E-state index in [0.717, 1.165) is 43.1 Å². The molecule has 3 rings (SSSR count). The Morgan fingerprint density at radius 3 is 2.96 bits per heavy atom. The van der Waals surface area contributed by atoms with Gasteiger partial charge in [0.15, 0.2) is 0 Å². The predicted molar refractivity (Wildman–Crippen MR) is 105 cm³/mol. The summed E-state index contributed by atoms with van der Waals surface area (Å²) in [6.45, 7) is 6.69. The normalized spacial score (nSPS) is 17.1. The van der Waals surface area contributed by atoms with Gasteiger partial charge in [0, 0.05) is 56.5 Å². The molecule has 1 N–H and O–H groups in total. The number of rotatable bonds is 7. The fourth-order valence-corrected chi connectivity index (χ4v) is 4.24. The zero-order chi connectivity index (χ0) is 19.2. The van der Waals surface area contributed by atoms with Gasteiger partial charge in [-0.15, -0.1) is 11.3 Å². The molecule has 0 aromatic carbocycles. The van der Waals surface area contributed by atoms with Crippen LogP contribution in [-0.4, -0.2) is 51.1 Å². The second-order valence-electron chi connectivity index (χ2n) is 6.78. The van der Waals surface area contributed by atoms with Crippen molar-refractivity contribution in [2.24, 2.45) is 0 Å². The first-order valence-corrected chi connectivity index (χ1v) is 10.5. The van der Waals surface area contributed by atoms with Crippen LogP contribution < -0.4 is 5.32 Å². The van der Waals surface area contributed by atoms with Crippen molar-refractivity contribution in [1.82, 2.24) is 25.0 Å². The lowest BCUT2D eigenvalue weighted by atomic mass is 9.98. The summed E-state index contributed by atoms with van der Waals surface area (Å²) >= 11 is 1.66. The molecule has 8 heteroatoms. The first-order chi connectivity index (χ1) is 13.1. The van der Waals surface area contributed by atoms with Gasteiger partial charge >= 0.3 is 0 Å². The van der Waals surface area contributed by atoms with Crippen LogP contribution in [0.15, 0.2) is 17.6 Å². The molecular weight excluding hydrogens is 362 g/mol. The van der Waals surface area contributed by atoms with E-state index in [0.29, 0.717) is 25.2 Å². The molecule has 0 spiro atoms. The third kappa shape index (κ3) is 4.94. The molecule has 1 saturated heterocycles. The van der Waals surface area contributed by atoms with Crippen LogP contribution in [-0.2, 0) is 17.8 Å². The van der Waals surface area contributed by atoms with Crippen molar-refractivity contribution in [3.8, 4) is 0 Å². The van der Waals surface area contributed by atoms with Gasteiger partial charge in [0.2, 0.25) is 5.91 Å². The van der Waals surface area contributed by atoms with Crippen LogP contribution in [0.5, 0.6) is 0 Å². The molecule has 7 nitrogen and oxygen atoms in total. The number of hydrogen-bond donors (Lipinski definition) is 1. The van der Waals surface area contributed by atoms with Crippen molar-refractivity contribution in [1.29, 1.82) is 0 Å². The zero-order valence-corrected chi connectivity index (χ0v) is 16.8. The first kappa shape index (κ1) is 19.5. The Morgan fingerprint density at radius 2 is 2.22 bits per heavy atom. The van der Waals surface area contributed by atoms with E-state index in [1.54, 1.807) is 22.1 Å². The number of aryl methyl sites for hydroxylation is 1. The quantitative estimate of drug-likeness (QED) is 0.789. The number of thiazole rings is 1. The lowest BCUT2D eigenvalue weighted by Gasteiger charge is -2.31. The lowest BCUT2D eigenvalue weighted by molar-refractivity contribution is -0.120. The fraction of sp³-hybridized carbons (Fsp3) is 0.579. The van der Waals surface area contributed by atoms with E-state index in [9.17, 15) is 9.59 Å². The summed E-state index contributed by atoms with van der Waals surface area (Å²) in [5.74, 6) is 0.350. The molecule has 27 heavy (non-hydrogen) atoms. The second-order valence-corrected chi connectivity index (χ2v) is 7.67. The third-order valence-electron chi connectivity index (χ3n) is 4.84. The van der Waals surface area contributed by atoms with Crippen molar-refractivity contribution in [2.75, 3.05) is 19.6 Å². The summed E-state index contributed by atoms with van der Waals surface area (Å²) in [5.41, 5.74) is 1.53. The number of carbonyl (C=O) groups excluding carboxylic acids is 2. The minimum absolute atomic E-state index is 0.00552. The van der Waals surface area contributed by atoms with Gasteiger partial charge in [-0.3, -0.25) is 14.3 Å². The molecule has 0 saturated carbocycles. The number of hydrogen-bond acceptors (Lipinski definition) is 5. The second kappa shape index (κ2) is 9.12. The smallest absolute Gasteiger partial charge is 0.274 e. The van der Waals surface area contributed by atoms with Crippen molar-refractivity contribution in [3.63, 3.8) is 0 Å². The number of likely N-dealkylation sites (tertiary alicyclic amines) is 1. The van der Waals surface area contributed by atoms with Gasteiger partial charge in [-0.2, -0.15) is 5.10 Å². The summed E-state index contributed by atoms with van der Waals surface area (Å²) in [4.78, 5) is 30.7. The molecule has 2 aromatic rings. The van der Waals surface area contributed by atoms with Crippen molar-refractivity contribution < 1.29 is 9.59 Å². The monoisotopic (exact) mass is 389 g/mol. The highest BCUT2D eigenvalue weighted by atomic mass is 32.1. The van der Waals surface area contributed by atoms with E-state index in [1.807, 2.05) is 24.9 Å². The predicted octanol–water partition coefficient (Wildman–Crippen LogP) is 2.45. The number of amides is 2. The summed E-state index contributed by atoms with van der Waals surface area (Å²) in [7, 11) is 0. The summed E-state index contributed by atoms with van der Waals surface area (Å²) in [6.07, 6.45) is 5.12. The number of nitrogens with zero attached hydrogens (tertiary/aromatic N) is 4.